The summed E-state index contributed by atoms with van der Waals surface area (Å²) in [7, 11) is -3.92. The first kappa shape index (κ1) is 15.9. The molecule has 108 valence electrons. The minimum absolute atomic E-state index is 0.352. The highest BCUT2D eigenvalue weighted by atomic mass is 32.2. The molecule has 1 atom stereocenters. The van der Waals surface area contributed by atoms with Gasteiger partial charge in [0.1, 0.15) is 0 Å². The maximum absolute atomic E-state index is 11.8. The van der Waals surface area contributed by atoms with Crippen LogP contribution in [0.4, 0.5) is 13.2 Å². The zero-order chi connectivity index (χ0) is 14.5. The van der Waals surface area contributed by atoms with Gasteiger partial charge in [-0.05, 0) is 11.5 Å². The first-order chi connectivity index (χ1) is 8.70. The van der Waals surface area contributed by atoms with Crippen LogP contribution in [0.2, 0.25) is 0 Å². The first-order valence-electron chi connectivity index (χ1n) is 5.42. The van der Waals surface area contributed by atoms with Gasteiger partial charge < -0.3 is 0 Å². The molecule has 0 aromatic heterocycles. The molecule has 0 saturated carbocycles. The fourth-order valence-corrected chi connectivity index (χ4v) is 2.60. The molecule has 4 nitrogen and oxygen atoms in total. The Morgan fingerprint density at radius 2 is 1.84 bits per heavy atom. The standard InChI is InChI=1S/C11H14F3NO3S/c1-9(10-5-3-2-4-6-10)7-19(16,17)15-18-8-11(12,13)14/h2-6,9,15H,7-8H2,1H3. The number of benzene rings is 1. The van der Waals surface area contributed by atoms with E-state index in [1.54, 1.807) is 37.3 Å². The van der Waals surface area contributed by atoms with Gasteiger partial charge in [-0.3, -0.25) is 4.84 Å². The molecule has 0 aliphatic heterocycles. The Labute approximate surface area is 109 Å². The van der Waals surface area contributed by atoms with Crippen molar-refractivity contribution in [2.45, 2.75) is 19.0 Å². The Morgan fingerprint density at radius 1 is 1.26 bits per heavy atom. The van der Waals surface area contributed by atoms with Crippen LogP contribution in [-0.2, 0) is 14.9 Å². The Hall–Kier alpha value is -1.12. The largest absolute Gasteiger partial charge is 0.413 e. The van der Waals surface area contributed by atoms with Crippen molar-refractivity contribution in [2.24, 2.45) is 0 Å². The summed E-state index contributed by atoms with van der Waals surface area (Å²) in [4.78, 5) is 5.41. The van der Waals surface area contributed by atoms with E-state index in [0.717, 1.165) is 5.56 Å². The SMILES string of the molecule is CC(CS(=O)(=O)NOCC(F)(F)F)c1ccccc1. The summed E-state index contributed by atoms with van der Waals surface area (Å²) in [5, 5.41) is 0. The fraction of sp³-hybridized carbons (Fsp3) is 0.455. The van der Waals surface area contributed by atoms with Crippen LogP contribution in [0.5, 0.6) is 0 Å². The summed E-state index contributed by atoms with van der Waals surface area (Å²) in [5.74, 6) is -0.706. The van der Waals surface area contributed by atoms with Crippen LogP contribution >= 0.6 is 0 Å². The summed E-state index contributed by atoms with van der Waals surface area (Å²) in [5.41, 5.74) is 0.781. The zero-order valence-corrected chi connectivity index (χ0v) is 11.0. The predicted octanol–water partition coefficient (Wildman–Crippen LogP) is 2.20. The summed E-state index contributed by atoms with van der Waals surface area (Å²) < 4.78 is 58.4. The van der Waals surface area contributed by atoms with Gasteiger partial charge >= 0.3 is 6.18 Å². The number of alkyl halides is 3. The molecule has 0 bridgehead atoms. The molecule has 0 aliphatic carbocycles. The molecule has 0 spiro atoms. The average molecular weight is 297 g/mol. The topological polar surface area (TPSA) is 55.4 Å². The maximum atomic E-state index is 11.8. The Kier molecular flexibility index (Phi) is 5.33. The van der Waals surface area contributed by atoms with E-state index in [9.17, 15) is 21.6 Å². The summed E-state index contributed by atoms with van der Waals surface area (Å²) in [6.07, 6.45) is -4.58. The van der Waals surface area contributed by atoms with Crippen molar-refractivity contribution in [3.63, 3.8) is 0 Å². The molecule has 1 N–H and O–H groups in total. The third-order valence-corrected chi connectivity index (χ3v) is 3.57. The van der Waals surface area contributed by atoms with E-state index in [1.165, 1.54) is 4.89 Å². The van der Waals surface area contributed by atoms with Crippen molar-refractivity contribution in [1.82, 2.24) is 4.89 Å². The molecule has 0 aliphatic rings. The lowest BCUT2D eigenvalue weighted by atomic mass is 10.0. The highest BCUT2D eigenvalue weighted by molar-refractivity contribution is 7.89. The van der Waals surface area contributed by atoms with Gasteiger partial charge in [0.2, 0.25) is 10.0 Å². The van der Waals surface area contributed by atoms with Crippen molar-refractivity contribution >= 4 is 10.0 Å². The molecule has 0 radical (unpaired) electrons. The Morgan fingerprint density at radius 3 is 2.37 bits per heavy atom. The van der Waals surface area contributed by atoms with E-state index >= 15 is 0 Å². The van der Waals surface area contributed by atoms with Crippen LogP contribution in [-0.4, -0.2) is 27.0 Å². The summed E-state index contributed by atoms with van der Waals surface area (Å²) >= 11 is 0. The summed E-state index contributed by atoms with van der Waals surface area (Å²) in [6, 6.07) is 8.79. The molecule has 8 heteroatoms. The van der Waals surface area contributed by atoms with Gasteiger partial charge in [0.15, 0.2) is 6.61 Å². The second kappa shape index (κ2) is 6.36. The average Bonchev–Trinajstić information content (AvgIpc) is 2.27. The lowest BCUT2D eigenvalue weighted by Gasteiger charge is -2.13. The molecule has 0 heterocycles. The monoisotopic (exact) mass is 297 g/mol. The molecular formula is C11H14F3NO3S. The van der Waals surface area contributed by atoms with Crippen LogP contribution in [0.1, 0.15) is 18.4 Å². The number of nitrogens with one attached hydrogen (secondary N) is 1. The molecule has 1 aromatic rings. The van der Waals surface area contributed by atoms with E-state index in [0.29, 0.717) is 0 Å². The van der Waals surface area contributed by atoms with Crippen molar-refractivity contribution in [3.05, 3.63) is 35.9 Å². The molecule has 1 unspecified atom stereocenters. The van der Waals surface area contributed by atoms with Crippen LogP contribution < -0.4 is 4.89 Å². The van der Waals surface area contributed by atoms with Gasteiger partial charge in [0.05, 0.1) is 5.75 Å². The van der Waals surface area contributed by atoms with Gasteiger partial charge in [0, 0.05) is 0 Å². The number of hydrogen-bond donors (Lipinski definition) is 1. The van der Waals surface area contributed by atoms with Gasteiger partial charge in [-0.15, -0.1) is 0 Å². The van der Waals surface area contributed by atoms with Crippen molar-refractivity contribution in [1.29, 1.82) is 0 Å². The van der Waals surface area contributed by atoms with E-state index in [2.05, 4.69) is 4.84 Å². The second-order valence-electron chi connectivity index (χ2n) is 4.08. The highest BCUT2D eigenvalue weighted by Crippen LogP contribution is 2.17. The number of halogens is 3. The highest BCUT2D eigenvalue weighted by Gasteiger charge is 2.29. The van der Waals surface area contributed by atoms with E-state index in [4.69, 9.17) is 0 Å². The number of hydrogen-bond acceptors (Lipinski definition) is 3. The van der Waals surface area contributed by atoms with E-state index < -0.39 is 22.8 Å². The van der Waals surface area contributed by atoms with Crippen LogP contribution in [0.15, 0.2) is 30.3 Å². The quantitative estimate of drug-likeness (QED) is 0.819. The molecular weight excluding hydrogens is 283 g/mol. The van der Waals surface area contributed by atoms with Crippen LogP contribution in [0, 0.1) is 0 Å². The molecule has 0 fully saturated rings. The normalized spacial score (nSPS) is 14.3. The lowest BCUT2D eigenvalue weighted by molar-refractivity contribution is -0.181. The molecule has 1 rings (SSSR count). The zero-order valence-electron chi connectivity index (χ0n) is 10.1. The smallest absolute Gasteiger partial charge is 0.278 e. The van der Waals surface area contributed by atoms with Crippen molar-refractivity contribution in [2.75, 3.05) is 12.4 Å². The van der Waals surface area contributed by atoms with Gasteiger partial charge in [-0.1, -0.05) is 42.1 Å². The predicted molar refractivity (Wildman–Crippen MR) is 63.8 cm³/mol. The van der Waals surface area contributed by atoms with Crippen molar-refractivity contribution in [3.8, 4) is 0 Å². The van der Waals surface area contributed by atoms with Gasteiger partial charge in [-0.2, -0.15) is 13.2 Å². The van der Waals surface area contributed by atoms with Gasteiger partial charge in [0.25, 0.3) is 0 Å². The minimum atomic E-state index is -4.58. The first-order valence-corrected chi connectivity index (χ1v) is 7.08. The lowest BCUT2D eigenvalue weighted by Crippen LogP contribution is -2.32. The number of sulfonamides is 1. The molecule has 1 aromatic carbocycles. The van der Waals surface area contributed by atoms with Gasteiger partial charge in [-0.25, -0.2) is 8.42 Å². The second-order valence-corrected chi connectivity index (χ2v) is 5.81. The molecule has 19 heavy (non-hydrogen) atoms. The van der Waals surface area contributed by atoms with Crippen LogP contribution in [0.3, 0.4) is 0 Å². The molecule has 0 saturated heterocycles. The van der Waals surface area contributed by atoms with E-state index in [1.807, 2.05) is 0 Å². The summed E-state index contributed by atoms with van der Waals surface area (Å²) in [6.45, 7) is 0.00424. The number of rotatable bonds is 6. The molecule has 0 amide bonds. The maximum Gasteiger partial charge on any atom is 0.413 e. The third-order valence-electron chi connectivity index (χ3n) is 2.26. The minimum Gasteiger partial charge on any atom is -0.278 e. The Bertz CT molecular complexity index is 488. The Balaban J connectivity index is 2.51. The third kappa shape index (κ3) is 6.55. The fourth-order valence-electron chi connectivity index (χ4n) is 1.44. The van der Waals surface area contributed by atoms with E-state index in [-0.39, 0.29) is 11.7 Å². The van der Waals surface area contributed by atoms with Crippen molar-refractivity contribution < 1.29 is 26.4 Å². The van der Waals surface area contributed by atoms with Crippen LogP contribution in [0.25, 0.3) is 0 Å².